The van der Waals surface area contributed by atoms with E-state index in [1.54, 1.807) is 0 Å². The normalized spacial score (nSPS) is 13.9. The first kappa shape index (κ1) is 29.6. The van der Waals surface area contributed by atoms with Gasteiger partial charge in [0.2, 0.25) is 0 Å². The van der Waals surface area contributed by atoms with Crippen LogP contribution in [-0.2, 0) is 38.3 Å². The zero-order valence-electron chi connectivity index (χ0n) is 22.1. The number of hydrogen-bond acceptors (Lipinski definition) is 2. The van der Waals surface area contributed by atoms with Crippen LogP contribution < -0.4 is 4.90 Å². The summed E-state index contributed by atoms with van der Waals surface area (Å²) in [6.07, 6.45) is -7.85. The van der Waals surface area contributed by atoms with Crippen molar-refractivity contribution in [2.24, 2.45) is 5.41 Å². The first-order chi connectivity index (χ1) is 17.5. The zero-order chi connectivity index (χ0) is 28.5. The number of amides is 1. The molecule has 1 aliphatic rings. The number of anilines is 1. The highest BCUT2D eigenvalue weighted by Gasteiger charge is 2.37. The topological polar surface area (TPSA) is 43.8 Å². The Kier molecular flexibility index (Phi) is 8.63. The minimum Gasteiger partial charge on any atom is -0.465 e. The third kappa shape index (κ3) is 7.57. The quantitative estimate of drug-likeness (QED) is 0.341. The minimum absolute atomic E-state index is 0.0432. The molecule has 0 fully saturated rings. The molecule has 38 heavy (non-hydrogen) atoms. The Balaban J connectivity index is 2.00. The molecular formula is C28H34F6N2O2. The second kappa shape index (κ2) is 11.1. The van der Waals surface area contributed by atoms with Gasteiger partial charge in [-0.1, -0.05) is 26.8 Å². The number of rotatable bonds is 8. The van der Waals surface area contributed by atoms with E-state index in [0.29, 0.717) is 24.2 Å². The Morgan fingerprint density at radius 2 is 1.42 bits per heavy atom. The van der Waals surface area contributed by atoms with E-state index in [-0.39, 0.29) is 23.6 Å². The molecule has 0 aliphatic heterocycles. The molecule has 1 aliphatic carbocycles. The first-order valence-corrected chi connectivity index (χ1v) is 12.6. The van der Waals surface area contributed by atoms with Crippen LogP contribution in [0.5, 0.6) is 0 Å². The van der Waals surface area contributed by atoms with Crippen LogP contribution in [0.3, 0.4) is 0 Å². The molecule has 1 amide bonds. The van der Waals surface area contributed by atoms with Gasteiger partial charge in [0.1, 0.15) is 0 Å². The van der Waals surface area contributed by atoms with Gasteiger partial charge in [-0.25, -0.2) is 4.79 Å². The fourth-order valence-corrected chi connectivity index (χ4v) is 4.73. The molecule has 0 heterocycles. The van der Waals surface area contributed by atoms with Crippen LogP contribution in [0, 0.1) is 5.41 Å². The third-order valence-corrected chi connectivity index (χ3v) is 6.80. The second-order valence-corrected chi connectivity index (χ2v) is 11.0. The van der Waals surface area contributed by atoms with E-state index < -0.39 is 36.1 Å². The predicted octanol–water partition coefficient (Wildman–Crippen LogP) is 8.16. The van der Waals surface area contributed by atoms with Crippen LogP contribution in [0.2, 0.25) is 0 Å². The van der Waals surface area contributed by atoms with E-state index in [2.05, 4.69) is 31.7 Å². The third-order valence-electron chi connectivity index (χ3n) is 6.80. The van der Waals surface area contributed by atoms with Gasteiger partial charge in [0, 0.05) is 25.3 Å². The monoisotopic (exact) mass is 544 g/mol. The molecule has 0 saturated carbocycles. The van der Waals surface area contributed by atoms with Gasteiger partial charge in [-0.05, 0) is 84.5 Å². The van der Waals surface area contributed by atoms with Gasteiger partial charge in [-0.15, -0.1) is 0 Å². The average Bonchev–Trinajstić information content (AvgIpc) is 3.24. The molecule has 0 unspecified atom stereocenters. The predicted molar refractivity (Wildman–Crippen MR) is 134 cm³/mol. The molecule has 0 radical (unpaired) electrons. The van der Waals surface area contributed by atoms with Crippen molar-refractivity contribution in [2.75, 3.05) is 18.0 Å². The number of nitrogens with zero attached hydrogens (tertiary/aromatic N) is 2. The van der Waals surface area contributed by atoms with Crippen molar-refractivity contribution in [1.29, 1.82) is 0 Å². The van der Waals surface area contributed by atoms with Crippen LogP contribution in [0.25, 0.3) is 0 Å². The Morgan fingerprint density at radius 3 is 1.89 bits per heavy atom. The Morgan fingerprint density at radius 1 is 0.868 bits per heavy atom. The summed E-state index contributed by atoms with van der Waals surface area (Å²) >= 11 is 0. The lowest BCUT2D eigenvalue weighted by Crippen LogP contribution is -2.32. The molecule has 0 bridgehead atoms. The molecular weight excluding hydrogens is 510 g/mol. The van der Waals surface area contributed by atoms with Gasteiger partial charge in [0.25, 0.3) is 0 Å². The standard InChI is InChI=1S/C28H34F6N2O2/c1-5-35(10-9-26(2,3)4)24-14-20-8-6-7-19(20)13-21(24)17-36(25(37)38)16-18-11-22(27(29,30)31)15-23(12-18)28(32,33)34/h11-15H,5-10,16-17H2,1-4H3,(H,37,38). The smallest absolute Gasteiger partial charge is 0.416 e. The van der Waals surface area contributed by atoms with Crippen LogP contribution in [0.15, 0.2) is 30.3 Å². The van der Waals surface area contributed by atoms with Gasteiger partial charge in [0.05, 0.1) is 17.7 Å². The summed E-state index contributed by atoms with van der Waals surface area (Å²) < 4.78 is 80.0. The van der Waals surface area contributed by atoms with Crippen molar-refractivity contribution < 1.29 is 36.2 Å². The molecule has 2 aromatic carbocycles. The van der Waals surface area contributed by atoms with E-state index in [4.69, 9.17) is 0 Å². The van der Waals surface area contributed by atoms with Gasteiger partial charge in [-0.3, -0.25) is 4.90 Å². The summed E-state index contributed by atoms with van der Waals surface area (Å²) in [6, 6.07) is 5.21. The molecule has 0 atom stereocenters. The van der Waals surface area contributed by atoms with Crippen LogP contribution in [0.4, 0.5) is 36.8 Å². The lowest BCUT2D eigenvalue weighted by molar-refractivity contribution is -0.143. The largest absolute Gasteiger partial charge is 0.465 e. The maximum absolute atomic E-state index is 13.3. The highest BCUT2D eigenvalue weighted by atomic mass is 19.4. The number of hydrogen-bond donors (Lipinski definition) is 1. The molecule has 1 N–H and O–H groups in total. The molecule has 0 spiro atoms. The number of carboxylic acid groups (broad SMARTS) is 1. The maximum atomic E-state index is 13.3. The molecule has 210 valence electrons. The Bertz CT molecular complexity index is 1120. The van der Waals surface area contributed by atoms with Crippen LogP contribution in [-0.4, -0.2) is 29.2 Å². The summed E-state index contributed by atoms with van der Waals surface area (Å²) in [5, 5.41) is 9.91. The number of aryl methyl sites for hydroxylation is 2. The van der Waals surface area contributed by atoms with Crippen molar-refractivity contribution in [3.63, 3.8) is 0 Å². The first-order valence-electron chi connectivity index (χ1n) is 12.6. The van der Waals surface area contributed by atoms with Crippen molar-refractivity contribution >= 4 is 11.8 Å². The van der Waals surface area contributed by atoms with E-state index >= 15 is 0 Å². The Labute approximate surface area is 219 Å². The number of fused-ring (bicyclic) bond motifs is 1. The van der Waals surface area contributed by atoms with Gasteiger partial charge < -0.3 is 10.0 Å². The highest BCUT2D eigenvalue weighted by Crippen LogP contribution is 2.37. The number of benzene rings is 2. The van der Waals surface area contributed by atoms with Crippen molar-refractivity contribution in [3.8, 4) is 0 Å². The maximum Gasteiger partial charge on any atom is 0.416 e. The van der Waals surface area contributed by atoms with E-state index in [0.717, 1.165) is 48.4 Å². The van der Waals surface area contributed by atoms with E-state index in [1.807, 2.05) is 13.0 Å². The number of alkyl halides is 6. The molecule has 2 aromatic rings. The lowest BCUT2D eigenvalue weighted by atomic mass is 9.92. The van der Waals surface area contributed by atoms with E-state index in [1.165, 1.54) is 5.56 Å². The molecule has 0 aromatic heterocycles. The van der Waals surface area contributed by atoms with Gasteiger partial charge in [0.15, 0.2) is 0 Å². The molecule has 10 heteroatoms. The molecule has 3 rings (SSSR count). The van der Waals surface area contributed by atoms with E-state index in [9.17, 15) is 36.2 Å². The second-order valence-electron chi connectivity index (χ2n) is 11.0. The highest BCUT2D eigenvalue weighted by molar-refractivity contribution is 5.67. The SMILES string of the molecule is CCN(CCC(C)(C)C)c1cc2c(cc1CN(Cc1cc(C(F)(F)F)cc(C(F)(F)F)c1)C(=O)O)CCC2. The van der Waals surface area contributed by atoms with Crippen molar-refractivity contribution in [3.05, 3.63) is 63.7 Å². The average molecular weight is 545 g/mol. The molecule has 4 nitrogen and oxygen atoms in total. The fraction of sp³-hybridized carbons (Fsp3) is 0.536. The Hall–Kier alpha value is -2.91. The number of halogens is 6. The summed E-state index contributed by atoms with van der Waals surface area (Å²) in [7, 11) is 0. The minimum atomic E-state index is -5.01. The van der Waals surface area contributed by atoms with Crippen LogP contribution in [0.1, 0.15) is 73.9 Å². The van der Waals surface area contributed by atoms with Crippen LogP contribution >= 0.6 is 0 Å². The van der Waals surface area contributed by atoms with Crippen molar-refractivity contribution in [2.45, 2.75) is 78.8 Å². The molecule has 0 saturated heterocycles. The summed E-state index contributed by atoms with van der Waals surface area (Å²) in [5.74, 6) is 0. The summed E-state index contributed by atoms with van der Waals surface area (Å²) in [4.78, 5) is 15.2. The zero-order valence-corrected chi connectivity index (χ0v) is 22.1. The fourth-order valence-electron chi connectivity index (χ4n) is 4.73. The van der Waals surface area contributed by atoms with Gasteiger partial charge >= 0.3 is 18.4 Å². The number of carbonyl (C=O) groups is 1. The summed E-state index contributed by atoms with van der Waals surface area (Å²) in [5.41, 5.74) is 0.576. The summed E-state index contributed by atoms with van der Waals surface area (Å²) in [6.45, 7) is 8.98. The van der Waals surface area contributed by atoms with Crippen molar-refractivity contribution in [1.82, 2.24) is 4.90 Å². The van der Waals surface area contributed by atoms with Gasteiger partial charge in [-0.2, -0.15) is 26.3 Å². The lowest BCUT2D eigenvalue weighted by Gasteiger charge is -2.31.